The molecule has 0 saturated carbocycles. The first-order valence-corrected chi connectivity index (χ1v) is 11.4. The third-order valence-electron chi connectivity index (χ3n) is 3.56. The monoisotopic (exact) mass is 385 g/mol. The molecule has 0 aromatic carbocycles. The lowest BCUT2D eigenvalue weighted by molar-refractivity contribution is 0.346. The van der Waals surface area contributed by atoms with Gasteiger partial charge in [-0.3, -0.25) is 0 Å². The molecule has 22 heavy (non-hydrogen) atoms. The molecular formula is C13H20ClNO4S3. The van der Waals surface area contributed by atoms with Crippen molar-refractivity contribution >= 4 is 42.8 Å². The van der Waals surface area contributed by atoms with Gasteiger partial charge in [0, 0.05) is 13.1 Å². The number of sulfonamides is 1. The molecule has 1 aromatic heterocycles. The van der Waals surface area contributed by atoms with Gasteiger partial charge in [-0.05, 0) is 30.9 Å². The largest absolute Gasteiger partial charge is 0.252 e. The van der Waals surface area contributed by atoms with Crippen LogP contribution in [0.2, 0.25) is 4.34 Å². The van der Waals surface area contributed by atoms with Crippen LogP contribution in [0.15, 0.2) is 16.3 Å². The van der Waals surface area contributed by atoms with Crippen molar-refractivity contribution in [1.29, 1.82) is 0 Å². The first-order chi connectivity index (χ1) is 10.1. The molecule has 0 radical (unpaired) electrons. The van der Waals surface area contributed by atoms with Crippen molar-refractivity contribution in [2.45, 2.75) is 36.1 Å². The summed E-state index contributed by atoms with van der Waals surface area (Å²) in [5.74, 6) is 0.129. The van der Waals surface area contributed by atoms with Gasteiger partial charge >= 0.3 is 0 Å². The number of rotatable bonds is 5. The lowest BCUT2D eigenvalue weighted by Crippen LogP contribution is -2.45. The van der Waals surface area contributed by atoms with Crippen LogP contribution in [0.25, 0.3) is 0 Å². The number of hydrogen-bond donors (Lipinski definition) is 0. The molecule has 2 rings (SSSR count). The zero-order valence-corrected chi connectivity index (χ0v) is 15.7. The highest BCUT2D eigenvalue weighted by Crippen LogP contribution is 2.30. The van der Waals surface area contributed by atoms with Crippen LogP contribution in [0.5, 0.6) is 0 Å². The van der Waals surface area contributed by atoms with Gasteiger partial charge in [0.1, 0.15) is 4.21 Å². The second-order valence-electron chi connectivity index (χ2n) is 5.91. The molecule has 1 aliphatic rings. The van der Waals surface area contributed by atoms with E-state index >= 15 is 0 Å². The van der Waals surface area contributed by atoms with Crippen LogP contribution in [-0.2, 0) is 19.9 Å². The Morgan fingerprint density at radius 1 is 1.32 bits per heavy atom. The van der Waals surface area contributed by atoms with Crippen molar-refractivity contribution < 1.29 is 16.8 Å². The number of hydrogen-bond acceptors (Lipinski definition) is 5. The first kappa shape index (κ1) is 18.2. The Kier molecular flexibility index (Phi) is 5.59. The van der Waals surface area contributed by atoms with E-state index in [2.05, 4.69) is 0 Å². The molecule has 0 bridgehead atoms. The number of piperidine rings is 1. The van der Waals surface area contributed by atoms with E-state index in [1.165, 1.54) is 16.4 Å². The van der Waals surface area contributed by atoms with Crippen molar-refractivity contribution in [1.82, 2.24) is 4.31 Å². The van der Waals surface area contributed by atoms with Crippen molar-refractivity contribution in [3.63, 3.8) is 0 Å². The fourth-order valence-corrected chi connectivity index (χ4v) is 7.97. The van der Waals surface area contributed by atoms with Gasteiger partial charge in [-0.15, -0.1) is 11.3 Å². The zero-order chi connectivity index (χ0) is 16.5. The first-order valence-electron chi connectivity index (χ1n) is 7.10. The van der Waals surface area contributed by atoms with Gasteiger partial charge < -0.3 is 0 Å². The normalized spacial score (nSPS) is 21.4. The van der Waals surface area contributed by atoms with Crippen molar-refractivity contribution in [2.24, 2.45) is 5.92 Å². The summed E-state index contributed by atoms with van der Waals surface area (Å²) in [4.78, 5) is 0. The molecule has 9 heteroatoms. The smallest absolute Gasteiger partial charge is 0.228 e. The quantitative estimate of drug-likeness (QED) is 0.781. The predicted molar refractivity (Wildman–Crippen MR) is 89.7 cm³/mol. The Labute approximate surface area is 141 Å². The highest BCUT2D eigenvalue weighted by Gasteiger charge is 2.36. The van der Waals surface area contributed by atoms with Crippen LogP contribution >= 0.6 is 22.9 Å². The van der Waals surface area contributed by atoms with E-state index in [1.54, 1.807) is 0 Å². The van der Waals surface area contributed by atoms with Crippen molar-refractivity contribution in [3.05, 3.63) is 16.5 Å². The maximum absolute atomic E-state index is 12.6. The topological polar surface area (TPSA) is 71.5 Å². The summed E-state index contributed by atoms with van der Waals surface area (Å²) < 4.78 is 51.7. The lowest BCUT2D eigenvalue weighted by atomic mass is 10.2. The maximum Gasteiger partial charge on any atom is 0.252 e. The van der Waals surface area contributed by atoms with Crippen LogP contribution in [-0.4, -0.2) is 45.2 Å². The van der Waals surface area contributed by atoms with E-state index in [-0.39, 0.29) is 22.4 Å². The number of thiophene rings is 1. The van der Waals surface area contributed by atoms with Gasteiger partial charge in [-0.25, -0.2) is 16.8 Å². The summed E-state index contributed by atoms with van der Waals surface area (Å²) in [6.45, 7) is 4.09. The molecule has 1 aliphatic heterocycles. The predicted octanol–water partition coefficient (Wildman–Crippen LogP) is 2.63. The Morgan fingerprint density at radius 2 is 2.00 bits per heavy atom. The zero-order valence-electron chi connectivity index (χ0n) is 12.5. The van der Waals surface area contributed by atoms with Gasteiger partial charge in [-0.1, -0.05) is 25.4 Å². The summed E-state index contributed by atoms with van der Waals surface area (Å²) in [6.07, 6.45) is 1.08. The summed E-state index contributed by atoms with van der Waals surface area (Å²) in [5, 5.41) is -0.617. The SMILES string of the molecule is CC(C)CS(=O)(=O)[C@@H]1CCCN(S(=O)(=O)c2ccc(Cl)s2)C1. The van der Waals surface area contributed by atoms with Crippen LogP contribution in [0.1, 0.15) is 26.7 Å². The molecule has 0 spiro atoms. The molecule has 0 unspecified atom stereocenters. The van der Waals surface area contributed by atoms with E-state index < -0.39 is 25.1 Å². The van der Waals surface area contributed by atoms with E-state index in [9.17, 15) is 16.8 Å². The molecule has 2 heterocycles. The van der Waals surface area contributed by atoms with E-state index in [0.717, 1.165) is 11.3 Å². The average molecular weight is 386 g/mol. The van der Waals surface area contributed by atoms with E-state index in [4.69, 9.17) is 11.6 Å². The van der Waals surface area contributed by atoms with Crippen LogP contribution in [0.4, 0.5) is 0 Å². The second kappa shape index (κ2) is 6.76. The molecular weight excluding hydrogens is 366 g/mol. The van der Waals surface area contributed by atoms with Crippen LogP contribution in [0, 0.1) is 5.92 Å². The molecule has 0 amide bonds. The number of nitrogens with zero attached hydrogens (tertiary/aromatic N) is 1. The molecule has 5 nitrogen and oxygen atoms in total. The minimum atomic E-state index is -3.66. The highest BCUT2D eigenvalue weighted by molar-refractivity contribution is 7.92. The van der Waals surface area contributed by atoms with Crippen LogP contribution < -0.4 is 0 Å². The highest BCUT2D eigenvalue weighted by atomic mass is 35.5. The summed E-state index contributed by atoms with van der Waals surface area (Å²) in [6, 6.07) is 3.00. The summed E-state index contributed by atoms with van der Waals surface area (Å²) in [7, 11) is -6.94. The maximum atomic E-state index is 12.6. The minimum absolute atomic E-state index is 0.0346. The van der Waals surface area contributed by atoms with Crippen molar-refractivity contribution in [3.8, 4) is 0 Å². The van der Waals surface area contributed by atoms with Gasteiger partial charge in [0.05, 0.1) is 15.3 Å². The Bertz CT molecular complexity index is 724. The lowest BCUT2D eigenvalue weighted by Gasteiger charge is -2.31. The van der Waals surface area contributed by atoms with Gasteiger partial charge in [0.25, 0.3) is 10.0 Å². The van der Waals surface area contributed by atoms with Gasteiger partial charge in [0.2, 0.25) is 0 Å². The fourth-order valence-electron chi connectivity index (χ4n) is 2.58. The number of halogens is 1. The van der Waals surface area contributed by atoms with Gasteiger partial charge in [0.15, 0.2) is 9.84 Å². The standard InChI is InChI=1S/C13H20ClNO4S3/c1-10(2)9-21(16,17)11-4-3-7-15(8-11)22(18,19)13-6-5-12(14)20-13/h5-6,10-11H,3-4,7-9H2,1-2H3/t11-/m1/s1. The Morgan fingerprint density at radius 3 is 2.55 bits per heavy atom. The minimum Gasteiger partial charge on any atom is -0.228 e. The molecule has 0 N–H and O–H groups in total. The summed E-state index contributed by atoms with van der Waals surface area (Å²) >= 11 is 6.80. The second-order valence-corrected chi connectivity index (χ2v) is 12.1. The fraction of sp³-hybridized carbons (Fsp3) is 0.692. The van der Waals surface area contributed by atoms with Crippen LogP contribution in [0.3, 0.4) is 0 Å². The molecule has 0 aliphatic carbocycles. The average Bonchev–Trinajstić information content (AvgIpc) is 2.85. The van der Waals surface area contributed by atoms with E-state index in [0.29, 0.717) is 23.7 Å². The molecule has 1 saturated heterocycles. The summed E-state index contributed by atoms with van der Waals surface area (Å²) in [5.41, 5.74) is 0. The molecule has 126 valence electrons. The molecule has 1 atom stereocenters. The Hall–Kier alpha value is -0.150. The molecule has 1 aromatic rings. The Balaban J connectivity index is 2.20. The van der Waals surface area contributed by atoms with Crippen molar-refractivity contribution in [2.75, 3.05) is 18.8 Å². The number of sulfone groups is 1. The third kappa shape index (κ3) is 4.03. The molecule has 1 fully saturated rings. The van der Waals surface area contributed by atoms with E-state index in [1.807, 2.05) is 13.8 Å². The van der Waals surface area contributed by atoms with Gasteiger partial charge in [-0.2, -0.15) is 4.31 Å². The third-order valence-corrected chi connectivity index (χ3v) is 9.65.